The fourth-order valence-corrected chi connectivity index (χ4v) is 0. The summed E-state index contributed by atoms with van der Waals surface area (Å²) in [5, 5.41) is 0. The molecule has 0 aliphatic heterocycles. The largest absolute Gasteiger partial charge is 2.00 e. The summed E-state index contributed by atoms with van der Waals surface area (Å²) in [7, 11) is -1.12. The van der Waals surface area contributed by atoms with Crippen LogP contribution in [0, 0.1) is 28.0 Å². The predicted octanol–water partition coefficient (Wildman–Crippen LogP) is 6.12. The van der Waals surface area contributed by atoms with Gasteiger partial charge in [0, 0.05) is 16.9 Å². The molecule has 0 aromatic carbocycles. The maximum atomic E-state index is 5.24. The topological polar surface area (TPSA) is 0 Å². The summed E-state index contributed by atoms with van der Waals surface area (Å²) in [6, 6.07) is 0. The summed E-state index contributed by atoms with van der Waals surface area (Å²) in [5.74, 6) is 0. The molecule has 0 heterocycles. The molecule has 0 atom stereocenters. The van der Waals surface area contributed by atoms with Crippen LogP contribution in [0.5, 0.6) is 0 Å². The Morgan fingerprint density at radius 2 is 0.947 bits per heavy atom. The van der Waals surface area contributed by atoms with Gasteiger partial charge in [0.25, 0.3) is 0 Å². The monoisotopic (exact) mass is 644 g/mol. The molecule has 0 bridgehead atoms. The number of hydrogen-bond acceptors (Lipinski definition) is 0. The van der Waals surface area contributed by atoms with Crippen molar-refractivity contribution in [3.8, 4) is 0 Å². The zero-order valence-electron chi connectivity index (χ0n) is 14.3. The fraction of sp³-hybridized carbons (Fsp3) is 0.600. The Morgan fingerprint density at radius 3 is 0.947 bits per heavy atom. The van der Waals surface area contributed by atoms with Gasteiger partial charge in [-0.1, -0.05) is 60.6 Å². The maximum Gasteiger partial charge on any atom is 2.00 e. The molecule has 0 radical (unpaired) electrons. The van der Waals surface area contributed by atoms with Crippen molar-refractivity contribution in [3.05, 3.63) is 40.3 Å². The first-order valence-corrected chi connectivity index (χ1v) is 12.3. The molecule has 0 spiro atoms. The summed E-state index contributed by atoms with van der Waals surface area (Å²) in [6.07, 6.45) is 0. The molecule has 0 saturated carbocycles. The van der Waals surface area contributed by atoms with Crippen molar-refractivity contribution in [1.82, 2.24) is 0 Å². The van der Waals surface area contributed by atoms with Gasteiger partial charge in [-0.05, 0) is 0 Å². The van der Waals surface area contributed by atoms with Crippen LogP contribution in [0.4, 0.5) is 0 Å². The van der Waals surface area contributed by atoms with Crippen LogP contribution in [0.1, 0.15) is 21.3 Å². The average Bonchev–Trinajstić information content (AvgIpc) is 2.09. The second kappa shape index (κ2) is 50.6. The summed E-state index contributed by atoms with van der Waals surface area (Å²) < 4.78 is 0. The molecule has 0 N–H and O–H groups in total. The van der Waals surface area contributed by atoms with E-state index in [4.69, 9.17) is 6.58 Å². The van der Waals surface area contributed by atoms with Crippen LogP contribution < -0.4 is 0 Å². The normalized spacial score (nSPS) is 5.95. The van der Waals surface area contributed by atoms with Gasteiger partial charge >= 0.3 is 42.1 Å². The van der Waals surface area contributed by atoms with Gasteiger partial charge in [0.2, 0.25) is 0 Å². The molecule has 0 aromatic heterocycles. The van der Waals surface area contributed by atoms with Crippen molar-refractivity contribution in [2.45, 2.75) is 60.6 Å². The van der Waals surface area contributed by atoms with Crippen molar-refractivity contribution in [2.75, 3.05) is 0 Å². The summed E-state index contributed by atoms with van der Waals surface area (Å²) >= 11 is 0. The molecule has 0 fully saturated rings. The molecule has 0 rings (SSSR count). The third-order valence-electron chi connectivity index (χ3n) is 0.500. The van der Waals surface area contributed by atoms with Gasteiger partial charge in [0.1, 0.15) is 0 Å². The van der Waals surface area contributed by atoms with Crippen LogP contribution in [0.25, 0.3) is 0 Å². The maximum absolute atomic E-state index is 5.24. The average molecular weight is 644 g/mol. The molecule has 0 saturated heterocycles. The van der Waals surface area contributed by atoms with Crippen molar-refractivity contribution < 1.29 is 42.1 Å². The molecule has 0 aliphatic carbocycles. The van der Waals surface area contributed by atoms with E-state index in [2.05, 4.69) is 52.4 Å². The Bertz CT molecular complexity index is 98.1. The van der Waals surface area contributed by atoms with Crippen molar-refractivity contribution >= 4 is 16.9 Å². The zero-order valence-corrected chi connectivity index (χ0v) is 22.4. The number of hydrogen-bond donors (Lipinski definition) is 0. The van der Waals surface area contributed by atoms with Gasteiger partial charge in [-0.15, -0.1) is 0 Å². The van der Waals surface area contributed by atoms with Gasteiger partial charge < -0.3 is 28.0 Å². The predicted molar refractivity (Wildman–Crippen MR) is 97.8 cm³/mol. The molecule has 0 nitrogen and oxygen atoms in total. The molecule has 0 aromatic rings. The van der Waals surface area contributed by atoms with Gasteiger partial charge in [-0.3, -0.25) is 12.3 Å². The third-order valence-corrected chi connectivity index (χ3v) is 1.50. The Kier molecular flexibility index (Phi) is 158. The fourth-order valence-electron chi connectivity index (χ4n) is 0. The van der Waals surface area contributed by atoms with E-state index in [0.717, 1.165) is 0 Å². The van der Waals surface area contributed by atoms with Crippen LogP contribution >= 0.6 is 0 Å². The first-order valence-electron chi connectivity index (χ1n) is 5.26. The molecule has 0 amide bonds. The van der Waals surface area contributed by atoms with Crippen LogP contribution in [-0.2, 0) is 42.1 Å². The summed E-state index contributed by atoms with van der Waals surface area (Å²) in [4.78, 5) is 0. The quantitative estimate of drug-likeness (QED) is 0.239. The minimum Gasteiger partial charge on any atom is -0.522 e. The first-order chi connectivity index (χ1) is 6.29. The summed E-state index contributed by atoms with van der Waals surface area (Å²) in [6.45, 7) is 29.8. The zero-order chi connectivity index (χ0) is 12.8. The van der Waals surface area contributed by atoms with E-state index in [1.165, 1.54) is 0 Å². The molecular formula is C15H40Si2W2. The third kappa shape index (κ3) is 313. The van der Waals surface area contributed by atoms with Gasteiger partial charge in [-0.2, -0.15) is 0 Å². The SMILES string of the molecule is C.CC.C[SiH](C)C.[CH-]=C.[CH-]=C[Si](C)(C)C.[CH3-].[CH3-].[W+2].[W+2]. The molecule has 120 valence electrons. The van der Waals surface area contributed by atoms with Crippen LogP contribution in [-0.4, -0.2) is 16.9 Å². The molecule has 4 heteroatoms. The Morgan fingerprint density at radius 1 is 0.895 bits per heavy atom. The van der Waals surface area contributed by atoms with Crippen molar-refractivity contribution in [1.29, 1.82) is 0 Å². The number of rotatable bonds is 1. The second-order valence-corrected chi connectivity index (χ2v) is 12.8. The van der Waals surface area contributed by atoms with Gasteiger partial charge in [0.15, 0.2) is 0 Å². The van der Waals surface area contributed by atoms with Crippen LogP contribution in [0.3, 0.4) is 0 Å². The minimum absolute atomic E-state index is 0. The summed E-state index contributed by atoms with van der Waals surface area (Å²) in [5.41, 5.74) is 1.83. The molecule has 0 unspecified atom stereocenters. The van der Waals surface area contributed by atoms with Gasteiger partial charge in [0.05, 0.1) is 0 Å². The van der Waals surface area contributed by atoms with E-state index >= 15 is 0 Å². The van der Waals surface area contributed by atoms with E-state index in [1.807, 2.05) is 19.5 Å². The Hall–Kier alpha value is 1.29. The smallest absolute Gasteiger partial charge is 0.522 e. The standard InChI is InChI=1S/C5H11Si.C3H10Si.C2H6.C2H3.CH4.2CH3.2W/c1-5-6(2,3)4;1-4(2)3;2*1-2;;;;;/h1,5H,2-4H3;4H,1-3H3;1-2H3;1H,2H2;1H4;2*1H3;;/q-1;;;-1;;2*-1;2*+2. The Labute approximate surface area is 159 Å². The van der Waals surface area contributed by atoms with E-state index in [9.17, 15) is 0 Å². The van der Waals surface area contributed by atoms with Crippen LogP contribution in [0.2, 0.25) is 39.3 Å². The van der Waals surface area contributed by atoms with E-state index in [-0.39, 0.29) is 73.2 Å². The van der Waals surface area contributed by atoms with Crippen molar-refractivity contribution in [2.24, 2.45) is 0 Å². The van der Waals surface area contributed by atoms with Gasteiger partial charge in [-0.25, -0.2) is 0 Å². The van der Waals surface area contributed by atoms with E-state index < -0.39 is 8.07 Å². The first kappa shape index (κ1) is 59.2. The van der Waals surface area contributed by atoms with E-state index in [0.29, 0.717) is 0 Å². The second-order valence-electron chi connectivity index (χ2n) is 4.26. The van der Waals surface area contributed by atoms with Crippen molar-refractivity contribution in [3.63, 3.8) is 0 Å². The molecule has 19 heavy (non-hydrogen) atoms. The van der Waals surface area contributed by atoms with E-state index in [1.54, 1.807) is 0 Å². The Balaban J connectivity index is -0.0000000100. The minimum atomic E-state index is -0.978. The van der Waals surface area contributed by atoms with Crippen LogP contribution in [0.15, 0.2) is 12.3 Å². The molecule has 0 aliphatic rings. The molecular weight excluding hydrogens is 604 g/mol.